The van der Waals surface area contributed by atoms with Crippen molar-refractivity contribution in [1.29, 1.82) is 0 Å². The fourth-order valence-corrected chi connectivity index (χ4v) is 2.88. The summed E-state index contributed by atoms with van der Waals surface area (Å²) in [6, 6.07) is 7.60. The lowest BCUT2D eigenvalue weighted by Gasteiger charge is -2.23. The lowest BCUT2D eigenvalue weighted by Crippen LogP contribution is -2.42. The minimum absolute atomic E-state index is 0.126. The number of nitrogens with one attached hydrogen (secondary N) is 1. The molecule has 1 aliphatic rings. The summed E-state index contributed by atoms with van der Waals surface area (Å²) >= 11 is 0. The van der Waals surface area contributed by atoms with E-state index in [9.17, 15) is 4.39 Å². The Balaban J connectivity index is 1.53. The van der Waals surface area contributed by atoms with Crippen molar-refractivity contribution in [2.75, 3.05) is 13.2 Å². The Labute approximate surface area is 129 Å². The van der Waals surface area contributed by atoms with Crippen molar-refractivity contribution in [3.05, 3.63) is 48.0 Å². The predicted octanol–water partition coefficient (Wildman–Crippen LogP) is 1.97. The van der Waals surface area contributed by atoms with Gasteiger partial charge in [0.05, 0.1) is 31.5 Å². The molecule has 1 saturated heterocycles. The van der Waals surface area contributed by atoms with Gasteiger partial charge in [-0.1, -0.05) is 23.4 Å². The highest BCUT2D eigenvalue weighted by Crippen LogP contribution is 2.19. The lowest BCUT2D eigenvalue weighted by atomic mass is 10.0. The van der Waals surface area contributed by atoms with Gasteiger partial charge in [0.25, 0.3) is 0 Å². The molecule has 1 N–H and O–H groups in total. The Morgan fingerprint density at radius 3 is 3.05 bits per heavy atom. The molecule has 0 bridgehead atoms. The zero-order valence-corrected chi connectivity index (χ0v) is 12.7. The van der Waals surface area contributed by atoms with Crippen LogP contribution in [0.15, 0.2) is 36.7 Å². The highest BCUT2D eigenvalue weighted by atomic mass is 19.1. The van der Waals surface area contributed by atoms with Crippen LogP contribution in [0.4, 0.5) is 4.39 Å². The van der Waals surface area contributed by atoms with E-state index in [1.807, 2.05) is 23.0 Å². The zero-order chi connectivity index (χ0) is 15.4. The third-order valence-electron chi connectivity index (χ3n) is 4.13. The van der Waals surface area contributed by atoms with Crippen molar-refractivity contribution in [3.63, 3.8) is 0 Å². The molecule has 0 spiro atoms. The first kappa shape index (κ1) is 15.1. The molecular weight excluding hydrogens is 283 g/mol. The smallest absolute Gasteiger partial charge is 0.126 e. The molecule has 1 aromatic carbocycles. The van der Waals surface area contributed by atoms with Gasteiger partial charge in [0.1, 0.15) is 5.82 Å². The molecule has 0 amide bonds. The van der Waals surface area contributed by atoms with Gasteiger partial charge in [-0.15, -0.1) is 5.10 Å². The van der Waals surface area contributed by atoms with Crippen LogP contribution in [0.3, 0.4) is 0 Å². The van der Waals surface area contributed by atoms with Gasteiger partial charge >= 0.3 is 0 Å². The number of hydrogen-bond donors (Lipinski definition) is 1. The second-order valence-corrected chi connectivity index (χ2v) is 5.79. The molecule has 22 heavy (non-hydrogen) atoms. The summed E-state index contributed by atoms with van der Waals surface area (Å²) in [6.07, 6.45) is 5.14. The highest BCUT2D eigenvalue weighted by Gasteiger charge is 2.31. The van der Waals surface area contributed by atoms with E-state index >= 15 is 0 Å². The fourth-order valence-electron chi connectivity index (χ4n) is 2.88. The number of aromatic nitrogens is 3. The minimum atomic E-state index is -0.126. The van der Waals surface area contributed by atoms with Gasteiger partial charge in [0.2, 0.25) is 0 Å². The summed E-state index contributed by atoms with van der Waals surface area (Å²) in [4.78, 5) is 0. The molecule has 6 heteroatoms. The summed E-state index contributed by atoms with van der Waals surface area (Å²) in [6.45, 7) is 3.42. The Kier molecular flexibility index (Phi) is 4.80. The second kappa shape index (κ2) is 6.98. The van der Waals surface area contributed by atoms with Crippen LogP contribution in [-0.4, -0.2) is 40.3 Å². The van der Waals surface area contributed by atoms with Crippen LogP contribution < -0.4 is 5.32 Å². The molecule has 5 nitrogen and oxygen atoms in total. The van der Waals surface area contributed by atoms with Crippen LogP contribution in [0.1, 0.15) is 24.9 Å². The van der Waals surface area contributed by atoms with E-state index in [0.717, 1.165) is 18.4 Å². The average molecular weight is 304 g/mol. The first-order chi connectivity index (χ1) is 10.7. The van der Waals surface area contributed by atoms with Crippen LogP contribution in [0, 0.1) is 5.82 Å². The van der Waals surface area contributed by atoms with E-state index in [1.54, 1.807) is 12.3 Å². The van der Waals surface area contributed by atoms with Gasteiger partial charge in [-0.3, -0.25) is 0 Å². The van der Waals surface area contributed by atoms with Crippen LogP contribution in [0.5, 0.6) is 0 Å². The second-order valence-electron chi connectivity index (χ2n) is 5.79. The van der Waals surface area contributed by atoms with Crippen molar-refractivity contribution in [2.45, 2.75) is 37.9 Å². The maximum atomic E-state index is 13.6. The van der Waals surface area contributed by atoms with Gasteiger partial charge in [-0.05, 0) is 31.4 Å². The van der Waals surface area contributed by atoms with Gasteiger partial charge in [0.15, 0.2) is 0 Å². The largest absolute Gasteiger partial charge is 0.377 e. The van der Waals surface area contributed by atoms with Gasteiger partial charge in [-0.25, -0.2) is 9.07 Å². The lowest BCUT2D eigenvalue weighted by molar-refractivity contribution is 0.180. The topological polar surface area (TPSA) is 52.0 Å². The Morgan fingerprint density at radius 1 is 1.41 bits per heavy atom. The normalized spacial score (nSPS) is 22.8. The number of rotatable bonds is 6. The molecule has 1 aromatic heterocycles. The molecule has 1 aliphatic heterocycles. The SMILES string of the molecule is C[C@@H](CCc1ccccc1F)N[C@H]1COC[C@H]1n1ccnn1. The summed E-state index contributed by atoms with van der Waals surface area (Å²) in [7, 11) is 0. The van der Waals surface area contributed by atoms with E-state index in [2.05, 4.69) is 22.6 Å². The van der Waals surface area contributed by atoms with Crippen LogP contribution in [-0.2, 0) is 11.2 Å². The van der Waals surface area contributed by atoms with Crippen molar-refractivity contribution in [2.24, 2.45) is 0 Å². The van der Waals surface area contributed by atoms with E-state index in [4.69, 9.17) is 4.74 Å². The highest BCUT2D eigenvalue weighted by molar-refractivity contribution is 5.17. The third-order valence-corrected chi connectivity index (χ3v) is 4.13. The summed E-state index contributed by atoms with van der Waals surface area (Å²) in [5.74, 6) is -0.126. The first-order valence-electron chi connectivity index (χ1n) is 7.67. The number of ether oxygens (including phenoxy) is 1. The minimum Gasteiger partial charge on any atom is -0.377 e. The predicted molar refractivity (Wildman–Crippen MR) is 81.0 cm³/mol. The van der Waals surface area contributed by atoms with Crippen LogP contribution >= 0.6 is 0 Å². The maximum absolute atomic E-state index is 13.6. The van der Waals surface area contributed by atoms with E-state index < -0.39 is 0 Å². The van der Waals surface area contributed by atoms with E-state index in [1.165, 1.54) is 6.07 Å². The molecule has 2 aromatic rings. The maximum Gasteiger partial charge on any atom is 0.126 e. The monoisotopic (exact) mass is 304 g/mol. The Morgan fingerprint density at radius 2 is 2.27 bits per heavy atom. The van der Waals surface area contributed by atoms with Crippen molar-refractivity contribution >= 4 is 0 Å². The number of nitrogens with zero attached hydrogens (tertiary/aromatic N) is 3. The number of halogens is 1. The summed E-state index contributed by atoms with van der Waals surface area (Å²) in [5, 5.41) is 11.5. The van der Waals surface area contributed by atoms with E-state index in [-0.39, 0.29) is 23.9 Å². The van der Waals surface area contributed by atoms with E-state index in [0.29, 0.717) is 13.2 Å². The average Bonchev–Trinajstić information content (AvgIpc) is 3.17. The summed E-state index contributed by atoms with van der Waals surface area (Å²) in [5.41, 5.74) is 0.770. The van der Waals surface area contributed by atoms with Crippen molar-refractivity contribution in [1.82, 2.24) is 20.3 Å². The summed E-state index contributed by atoms with van der Waals surface area (Å²) < 4.78 is 21.0. The molecule has 0 aliphatic carbocycles. The zero-order valence-electron chi connectivity index (χ0n) is 12.7. The molecule has 118 valence electrons. The molecule has 0 radical (unpaired) electrons. The van der Waals surface area contributed by atoms with Gasteiger partial charge < -0.3 is 10.1 Å². The number of aryl methyl sites for hydroxylation is 1. The van der Waals surface area contributed by atoms with Crippen molar-refractivity contribution < 1.29 is 9.13 Å². The van der Waals surface area contributed by atoms with Gasteiger partial charge in [-0.2, -0.15) is 0 Å². The molecule has 3 atom stereocenters. The first-order valence-corrected chi connectivity index (χ1v) is 7.67. The quantitative estimate of drug-likeness (QED) is 0.886. The Hall–Kier alpha value is -1.79. The fraction of sp³-hybridized carbons (Fsp3) is 0.500. The molecular formula is C16H21FN4O. The molecule has 0 saturated carbocycles. The standard InChI is InChI=1S/C16H21FN4O/c1-12(6-7-13-4-2-3-5-14(13)17)19-15-10-22-11-16(15)21-9-8-18-20-21/h2-5,8-9,12,15-16,19H,6-7,10-11H2,1H3/t12-,15-,16+/m0/s1. The molecule has 3 rings (SSSR count). The molecule has 1 fully saturated rings. The van der Waals surface area contributed by atoms with Crippen LogP contribution in [0.2, 0.25) is 0 Å². The third kappa shape index (κ3) is 3.51. The van der Waals surface area contributed by atoms with Gasteiger partial charge in [0, 0.05) is 12.2 Å². The number of benzene rings is 1. The van der Waals surface area contributed by atoms with Crippen molar-refractivity contribution in [3.8, 4) is 0 Å². The number of hydrogen-bond acceptors (Lipinski definition) is 4. The van der Waals surface area contributed by atoms with Crippen LogP contribution in [0.25, 0.3) is 0 Å². The molecule has 2 heterocycles. The molecule has 0 unspecified atom stereocenters. The Bertz CT molecular complexity index is 590.